The minimum atomic E-state index is -0.997. The van der Waals surface area contributed by atoms with Crippen molar-refractivity contribution in [2.24, 2.45) is 11.1 Å². The fourth-order valence-electron chi connectivity index (χ4n) is 3.49. The number of carbonyl (C=O) groups excluding carboxylic acids is 4. The number of benzene rings is 1. The first-order valence-corrected chi connectivity index (χ1v) is 12.4. The van der Waals surface area contributed by atoms with E-state index >= 15 is 0 Å². The molecule has 10 heteroatoms. The van der Waals surface area contributed by atoms with E-state index in [1.54, 1.807) is 33.8 Å². The Balaban J connectivity index is 2.43. The quantitative estimate of drug-likeness (QED) is 0.287. The number of anilines is 1. The highest BCUT2D eigenvalue weighted by Gasteiger charge is 2.27. The molecule has 0 spiro atoms. The van der Waals surface area contributed by atoms with E-state index in [0.29, 0.717) is 0 Å². The third kappa shape index (κ3) is 9.34. The molecular formula is C28H36N4O6. The molecule has 2 atom stereocenters. The number of nitrogens with two attached hydrogens (primary N) is 1. The summed E-state index contributed by atoms with van der Waals surface area (Å²) < 4.78 is 6.16. The van der Waals surface area contributed by atoms with Gasteiger partial charge in [0.15, 0.2) is 0 Å². The minimum absolute atomic E-state index is 0.0320. The van der Waals surface area contributed by atoms with Crippen LogP contribution in [0.1, 0.15) is 52.1 Å². The van der Waals surface area contributed by atoms with Crippen LogP contribution in [0.25, 0.3) is 0 Å². The van der Waals surface area contributed by atoms with Gasteiger partial charge in [0.1, 0.15) is 11.7 Å². The zero-order valence-corrected chi connectivity index (χ0v) is 22.2. The maximum atomic E-state index is 13.6. The van der Waals surface area contributed by atoms with Crippen LogP contribution in [0, 0.1) is 5.41 Å². The number of nitrogens with one attached hydrogen (secondary N) is 2. The average Bonchev–Trinajstić information content (AvgIpc) is 2.85. The lowest BCUT2D eigenvalue weighted by atomic mass is 9.95. The second-order valence-corrected chi connectivity index (χ2v) is 9.78. The Bertz CT molecular complexity index is 1210. The average molecular weight is 525 g/mol. The second-order valence-electron chi connectivity index (χ2n) is 9.78. The fourth-order valence-corrected chi connectivity index (χ4v) is 3.49. The van der Waals surface area contributed by atoms with Gasteiger partial charge < -0.3 is 25.7 Å². The molecule has 10 nitrogen and oxygen atoms in total. The van der Waals surface area contributed by atoms with Crippen LogP contribution in [-0.2, 0) is 30.3 Å². The van der Waals surface area contributed by atoms with Crippen molar-refractivity contribution in [2.75, 3.05) is 11.9 Å². The molecule has 38 heavy (non-hydrogen) atoms. The molecule has 0 aliphatic rings. The van der Waals surface area contributed by atoms with Crippen molar-refractivity contribution in [3.05, 3.63) is 76.7 Å². The molecule has 0 aliphatic heterocycles. The van der Waals surface area contributed by atoms with E-state index in [0.717, 1.165) is 5.56 Å². The number of hydrogen-bond donors (Lipinski definition) is 3. The summed E-state index contributed by atoms with van der Waals surface area (Å²) in [5.74, 6) is -2.01. The highest BCUT2D eigenvalue weighted by atomic mass is 16.5. The minimum Gasteiger partial charge on any atom is -0.463 e. The van der Waals surface area contributed by atoms with Crippen molar-refractivity contribution in [1.82, 2.24) is 9.88 Å². The SMILES string of the molecule is CCOC(=O)C=C[C@H](CCC(N)=O)NC(=O)[C@H](Cc1ccccc1)n1cccc(NC(=O)C(C)(C)C)c1=O. The lowest BCUT2D eigenvalue weighted by Crippen LogP contribution is -2.43. The molecule has 1 aromatic heterocycles. The van der Waals surface area contributed by atoms with Crippen LogP contribution in [0.15, 0.2) is 65.6 Å². The molecule has 204 valence electrons. The summed E-state index contributed by atoms with van der Waals surface area (Å²) in [4.78, 5) is 62.7. The van der Waals surface area contributed by atoms with E-state index in [9.17, 15) is 24.0 Å². The molecule has 0 bridgehead atoms. The fraction of sp³-hybridized carbons (Fsp3) is 0.393. The number of pyridine rings is 1. The normalized spacial score (nSPS) is 12.9. The van der Waals surface area contributed by atoms with Gasteiger partial charge in [0.2, 0.25) is 17.7 Å². The Morgan fingerprint density at radius 2 is 1.76 bits per heavy atom. The Labute approximate surface area is 222 Å². The first-order chi connectivity index (χ1) is 17.9. The monoisotopic (exact) mass is 524 g/mol. The summed E-state index contributed by atoms with van der Waals surface area (Å²) in [6.45, 7) is 7.04. The summed E-state index contributed by atoms with van der Waals surface area (Å²) in [5, 5.41) is 5.46. The predicted octanol–water partition coefficient (Wildman–Crippen LogP) is 2.49. The summed E-state index contributed by atoms with van der Waals surface area (Å²) in [6, 6.07) is 10.5. The Hall–Kier alpha value is -4.21. The first kappa shape index (κ1) is 30.0. The van der Waals surface area contributed by atoms with Crippen LogP contribution >= 0.6 is 0 Å². The van der Waals surface area contributed by atoms with E-state index in [1.807, 2.05) is 30.3 Å². The van der Waals surface area contributed by atoms with E-state index in [1.165, 1.54) is 29.0 Å². The van der Waals surface area contributed by atoms with Crippen molar-refractivity contribution in [3.8, 4) is 0 Å². The summed E-state index contributed by atoms with van der Waals surface area (Å²) in [5.41, 5.74) is 4.87. The molecule has 0 aliphatic carbocycles. The highest BCUT2D eigenvalue weighted by molar-refractivity contribution is 5.94. The Kier molecular flexibility index (Phi) is 11.0. The highest BCUT2D eigenvalue weighted by Crippen LogP contribution is 2.18. The Morgan fingerprint density at radius 1 is 1.08 bits per heavy atom. The van der Waals surface area contributed by atoms with Crippen LogP contribution in [0.5, 0.6) is 0 Å². The van der Waals surface area contributed by atoms with Crippen molar-refractivity contribution in [3.63, 3.8) is 0 Å². The van der Waals surface area contributed by atoms with Gasteiger partial charge in [-0.25, -0.2) is 4.79 Å². The summed E-state index contributed by atoms with van der Waals surface area (Å²) in [6.07, 6.45) is 4.38. The van der Waals surface area contributed by atoms with Crippen molar-refractivity contribution in [1.29, 1.82) is 0 Å². The summed E-state index contributed by atoms with van der Waals surface area (Å²) >= 11 is 0. The van der Waals surface area contributed by atoms with Crippen LogP contribution in [-0.4, -0.2) is 40.9 Å². The molecule has 4 N–H and O–H groups in total. The van der Waals surface area contributed by atoms with E-state index < -0.39 is 40.8 Å². The first-order valence-electron chi connectivity index (χ1n) is 12.4. The van der Waals surface area contributed by atoms with Crippen molar-refractivity contribution in [2.45, 2.75) is 59.0 Å². The number of carbonyl (C=O) groups is 4. The Morgan fingerprint density at radius 3 is 2.37 bits per heavy atom. The molecule has 0 unspecified atom stereocenters. The van der Waals surface area contributed by atoms with Gasteiger partial charge in [-0.2, -0.15) is 0 Å². The van der Waals surface area contributed by atoms with E-state index in [4.69, 9.17) is 10.5 Å². The largest absolute Gasteiger partial charge is 0.463 e. The van der Waals surface area contributed by atoms with Gasteiger partial charge in [-0.1, -0.05) is 57.2 Å². The van der Waals surface area contributed by atoms with Crippen molar-refractivity contribution >= 4 is 29.4 Å². The molecule has 0 radical (unpaired) electrons. The molecule has 0 saturated carbocycles. The third-order valence-corrected chi connectivity index (χ3v) is 5.59. The number of primary amides is 1. The predicted molar refractivity (Wildman–Crippen MR) is 144 cm³/mol. The lowest BCUT2D eigenvalue weighted by molar-refractivity contribution is -0.137. The number of aromatic nitrogens is 1. The summed E-state index contributed by atoms with van der Waals surface area (Å²) in [7, 11) is 0. The molecule has 3 amide bonds. The molecule has 0 fully saturated rings. The van der Waals surface area contributed by atoms with E-state index in [2.05, 4.69) is 10.6 Å². The van der Waals surface area contributed by atoms with Crippen molar-refractivity contribution < 1.29 is 23.9 Å². The molecule has 2 rings (SSSR count). The zero-order valence-electron chi connectivity index (χ0n) is 22.2. The number of nitrogens with zero attached hydrogens (tertiary/aromatic N) is 1. The van der Waals surface area contributed by atoms with Gasteiger partial charge in [-0.05, 0) is 31.0 Å². The van der Waals surface area contributed by atoms with Crippen LogP contribution < -0.4 is 21.9 Å². The maximum Gasteiger partial charge on any atom is 0.330 e. The van der Waals surface area contributed by atoms with Crippen LogP contribution in [0.2, 0.25) is 0 Å². The van der Waals surface area contributed by atoms with E-state index in [-0.39, 0.29) is 37.5 Å². The third-order valence-electron chi connectivity index (χ3n) is 5.59. The second kappa shape index (κ2) is 13.9. The topological polar surface area (TPSA) is 150 Å². The molecule has 1 aromatic carbocycles. The zero-order chi connectivity index (χ0) is 28.3. The molecular weight excluding hydrogens is 488 g/mol. The standard InChI is InChI=1S/C28H36N4O6/c1-5-38-24(34)16-14-20(13-15-23(29)33)30-25(35)22(18-19-10-7-6-8-11-19)32-17-9-12-21(26(32)36)31-27(37)28(2,3)4/h6-12,14,16-17,20,22H,5,13,15,18H2,1-4H3,(H2,29,33)(H,30,35)(H,31,37)/t20-,22-/m0/s1. The smallest absolute Gasteiger partial charge is 0.330 e. The van der Waals surface area contributed by atoms with Gasteiger partial charge in [0.05, 0.1) is 6.61 Å². The van der Waals surface area contributed by atoms with Gasteiger partial charge in [0, 0.05) is 36.6 Å². The lowest BCUT2D eigenvalue weighted by Gasteiger charge is -2.24. The number of rotatable bonds is 12. The van der Waals surface area contributed by atoms with Crippen LogP contribution in [0.4, 0.5) is 5.69 Å². The number of ether oxygens (including phenoxy) is 1. The number of amides is 3. The van der Waals surface area contributed by atoms with Crippen LogP contribution in [0.3, 0.4) is 0 Å². The number of esters is 1. The maximum absolute atomic E-state index is 13.6. The molecule has 2 aromatic rings. The van der Waals surface area contributed by atoms with Gasteiger partial charge in [-0.15, -0.1) is 0 Å². The molecule has 0 saturated heterocycles. The number of hydrogen-bond acceptors (Lipinski definition) is 6. The van der Waals surface area contributed by atoms with Gasteiger partial charge in [-0.3, -0.25) is 19.2 Å². The van der Waals surface area contributed by atoms with Gasteiger partial charge >= 0.3 is 5.97 Å². The molecule has 1 heterocycles. The van der Waals surface area contributed by atoms with Gasteiger partial charge in [0.25, 0.3) is 5.56 Å².